The van der Waals surface area contributed by atoms with Crippen LogP contribution < -0.4 is 5.32 Å². The van der Waals surface area contributed by atoms with Gasteiger partial charge in [-0.15, -0.1) is 0 Å². The SMILES string of the molecule is CC(Nc1cc(S(C)(=O)=O)ccc1Cl)c1ccc(Br)o1. The summed E-state index contributed by atoms with van der Waals surface area (Å²) in [6.07, 6.45) is 1.16. The van der Waals surface area contributed by atoms with E-state index in [9.17, 15) is 8.42 Å². The molecule has 0 amide bonds. The molecule has 0 radical (unpaired) electrons. The van der Waals surface area contributed by atoms with Crippen LogP contribution in [0.15, 0.2) is 44.3 Å². The highest BCUT2D eigenvalue weighted by Gasteiger charge is 2.14. The standard InChI is InChI=1S/C13H13BrClNO3S/c1-8(12-5-6-13(14)19-12)16-11-7-9(20(2,17)18)3-4-10(11)15/h3-8,16H,1-2H3. The molecule has 2 rings (SSSR count). The van der Waals surface area contributed by atoms with Crippen LogP contribution in [0.4, 0.5) is 5.69 Å². The monoisotopic (exact) mass is 377 g/mol. The maximum atomic E-state index is 11.6. The molecule has 0 aliphatic carbocycles. The molecule has 1 atom stereocenters. The minimum absolute atomic E-state index is 0.145. The lowest BCUT2D eigenvalue weighted by Crippen LogP contribution is -2.07. The van der Waals surface area contributed by atoms with Crippen molar-refractivity contribution in [1.29, 1.82) is 0 Å². The number of furan rings is 1. The van der Waals surface area contributed by atoms with E-state index in [-0.39, 0.29) is 10.9 Å². The number of nitrogens with one attached hydrogen (secondary N) is 1. The Balaban J connectivity index is 2.29. The van der Waals surface area contributed by atoms with Gasteiger partial charge in [-0.3, -0.25) is 0 Å². The number of sulfone groups is 1. The lowest BCUT2D eigenvalue weighted by Gasteiger charge is -2.15. The molecule has 2 aromatic rings. The normalized spacial score (nSPS) is 13.2. The Kier molecular flexibility index (Phi) is 4.46. The van der Waals surface area contributed by atoms with Gasteiger partial charge in [0.2, 0.25) is 0 Å². The van der Waals surface area contributed by atoms with Crippen molar-refractivity contribution >= 4 is 43.1 Å². The van der Waals surface area contributed by atoms with Crippen molar-refractivity contribution in [3.05, 3.63) is 45.8 Å². The smallest absolute Gasteiger partial charge is 0.175 e. The molecular weight excluding hydrogens is 366 g/mol. The van der Waals surface area contributed by atoms with Crippen molar-refractivity contribution in [3.63, 3.8) is 0 Å². The van der Waals surface area contributed by atoms with Gasteiger partial charge >= 0.3 is 0 Å². The van der Waals surface area contributed by atoms with Gasteiger partial charge in [0, 0.05) is 6.26 Å². The average Bonchev–Trinajstić information content (AvgIpc) is 2.77. The molecule has 0 aliphatic rings. The van der Waals surface area contributed by atoms with Crippen LogP contribution in [0.3, 0.4) is 0 Å². The van der Waals surface area contributed by atoms with E-state index in [1.165, 1.54) is 12.1 Å². The van der Waals surface area contributed by atoms with Crippen LogP contribution >= 0.6 is 27.5 Å². The fourth-order valence-electron chi connectivity index (χ4n) is 1.71. The Morgan fingerprint density at radius 3 is 2.55 bits per heavy atom. The number of hydrogen-bond donors (Lipinski definition) is 1. The zero-order valence-electron chi connectivity index (χ0n) is 10.9. The number of anilines is 1. The average molecular weight is 379 g/mol. The molecule has 0 saturated carbocycles. The van der Waals surface area contributed by atoms with E-state index >= 15 is 0 Å². The largest absolute Gasteiger partial charge is 0.452 e. The van der Waals surface area contributed by atoms with Gasteiger partial charge in [0.25, 0.3) is 0 Å². The second-order valence-corrected chi connectivity index (χ2v) is 7.63. The van der Waals surface area contributed by atoms with Gasteiger partial charge in [0.05, 0.1) is 21.6 Å². The summed E-state index contributed by atoms with van der Waals surface area (Å²) in [6.45, 7) is 1.90. The lowest BCUT2D eigenvalue weighted by molar-refractivity contribution is 0.471. The molecule has 0 spiro atoms. The van der Waals surface area contributed by atoms with Crippen LogP contribution in [-0.2, 0) is 9.84 Å². The number of halogens is 2. The van der Waals surface area contributed by atoms with Crippen LogP contribution in [-0.4, -0.2) is 14.7 Å². The minimum Gasteiger partial charge on any atom is -0.452 e. The molecule has 1 heterocycles. The molecule has 1 N–H and O–H groups in total. The first kappa shape index (κ1) is 15.4. The van der Waals surface area contributed by atoms with Crippen LogP contribution in [0.2, 0.25) is 5.02 Å². The molecule has 7 heteroatoms. The summed E-state index contributed by atoms with van der Waals surface area (Å²) in [6, 6.07) is 8.04. The van der Waals surface area contributed by atoms with Gasteiger partial charge < -0.3 is 9.73 Å². The zero-order valence-corrected chi connectivity index (χ0v) is 14.0. The summed E-state index contributed by atoms with van der Waals surface area (Å²) in [5, 5.41) is 3.59. The molecule has 0 bridgehead atoms. The summed E-state index contributed by atoms with van der Waals surface area (Å²) >= 11 is 9.32. The maximum absolute atomic E-state index is 11.6. The number of rotatable bonds is 4. The Morgan fingerprint density at radius 1 is 1.30 bits per heavy atom. The Bertz CT molecular complexity index is 727. The van der Waals surface area contributed by atoms with Crippen LogP contribution in [0.1, 0.15) is 18.7 Å². The van der Waals surface area contributed by atoms with Gasteiger partial charge in [0.15, 0.2) is 14.5 Å². The second-order valence-electron chi connectivity index (χ2n) is 4.42. The van der Waals surface area contributed by atoms with Gasteiger partial charge in [-0.1, -0.05) is 11.6 Å². The molecule has 1 unspecified atom stereocenters. The van der Waals surface area contributed by atoms with Crippen molar-refractivity contribution in [2.75, 3.05) is 11.6 Å². The van der Waals surface area contributed by atoms with E-state index in [1.54, 1.807) is 12.1 Å². The van der Waals surface area contributed by atoms with Crippen LogP contribution in [0, 0.1) is 0 Å². The van der Waals surface area contributed by atoms with Crippen molar-refractivity contribution < 1.29 is 12.8 Å². The van der Waals surface area contributed by atoms with Crippen LogP contribution in [0.5, 0.6) is 0 Å². The molecule has 1 aromatic heterocycles. The lowest BCUT2D eigenvalue weighted by atomic mass is 10.2. The van der Waals surface area contributed by atoms with Crippen molar-refractivity contribution in [2.24, 2.45) is 0 Å². The summed E-state index contributed by atoms with van der Waals surface area (Å²) in [5.41, 5.74) is 0.551. The summed E-state index contributed by atoms with van der Waals surface area (Å²) in [4.78, 5) is 0.220. The van der Waals surface area contributed by atoms with E-state index < -0.39 is 9.84 Å². The predicted octanol–water partition coefficient (Wildman–Crippen LogP) is 4.27. The quantitative estimate of drug-likeness (QED) is 0.863. The third kappa shape index (κ3) is 3.56. The van der Waals surface area contributed by atoms with E-state index in [0.29, 0.717) is 15.4 Å². The second kappa shape index (κ2) is 5.79. The van der Waals surface area contributed by atoms with E-state index in [4.69, 9.17) is 16.0 Å². The molecule has 20 heavy (non-hydrogen) atoms. The highest BCUT2D eigenvalue weighted by molar-refractivity contribution is 9.10. The molecule has 108 valence electrons. The van der Waals surface area contributed by atoms with Crippen LogP contribution in [0.25, 0.3) is 0 Å². The molecule has 4 nitrogen and oxygen atoms in total. The summed E-state index contributed by atoms with van der Waals surface area (Å²) in [7, 11) is -3.27. The molecule has 0 aliphatic heterocycles. The van der Waals surface area contributed by atoms with Gasteiger partial charge in [-0.05, 0) is 53.2 Å². The van der Waals surface area contributed by atoms with E-state index in [1.807, 2.05) is 13.0 Å². The first-order valence-corrected chi connectivity index (χ1v) is 8.85. The number of benzene rings is 1. The topological polar surface area (TPSA) is 59.3 Å². The molecule has 0 saturated heterocycles. The molecule has 0 fully saturated rings. The van der Waals surface area contributed by atoms with Gasteiger partial charge in [-0.2, -0.15) is 0 Å². The van der Waals surface area contributed by atoms with Gasteiger partial charge in [0.1, 0.15) is 5.76 Å². The maximum Gasteiger partial charge on any atom is 0.175 e. The third-order valence-electron chi connectivity index (χ3n) is 2.76. The Labute approximate surface area is 131 Å². The minimum atomic E-state index is -3.27. The predicted molar refractivity (Wildman–Crippen MR) is 83.0 cm³/mol. The first-order chi connectivity index (χ1) is 9.27. The Hall–Kier alpha value is -0.980. The molecular formula is C13H13BrClNO3S. The molecule has 1 aromatic carbocycles. The summed E-state index contributed by atoms with van der Waals surface area (Å²) in [5.74, 6) is 0.720. The highest BCUT2D eigenvalue weighted by Crippen LogP contribution is 2.30. The first-order valence-electron chi connectivity index (χ1n) is 5.79. The van der Waals surface area contributed by atoms with Crippen molar-refractivity contribution in [1.82, 2.24) is 0 Å². The highest BCUT2D eigenvalue weighted by atomic mass is 79.9. The van der Waals surface area contributed by atoms with E-state index in [2.05, 4.69) is 21.2 Å². The van der Waals surface area contributed by atoms with E-state index in [0.717, 1.165) is 12.0 Å². The van der Waals surface area contributed by atoms with Gasteiger partial charge in [-0.25, -0.2) is 8.42 Å². The fraction of sp³-hybridized carbons (Fsp3) is 0.231. The third-order valence-corrected chi connectivity index (χ3v) is 4.62. The summed E-state index contributed by atoms with van der Waals surface area (Å²) < 4.78 is 29.2. The van der Waals surface area contributed by atoms with Crippen molar-refractivity contribution in [2.45, 2.75) is 17.9 Å². The Morgan fingerprint density at radius 2 is 2.00 bits per heavy atom. The fourth-order valence-corrected chi connectivity index (χ4v) is 2.85. The van der Waals surface area contributed by atoms with Crippen molar-refractivity contribution in [3.8, 4) is 0 Å². The zero-order chi connectivity index (χ0) is 14.9. The number of hydrogen-bond acceptors (Lipinski definition) is 4.